The highest BCUT2D eigenvalue weighted by Gasteiger charge is 2.18. The number of rotatable bonds is 4. The molecule has 3 N–H and O–H groups in total. The van der Waals surface area contributed by atoms with Crippen molar-refractivity contribution < 1.29 is 13.6 Å². The molecule has 8 heteroatoms. The average Bonchev–Trinajstić information content (AvgIpc) is 3.24. The van der Waals surface area contributed by atoms with Crippen molar-refractivity contribution in [2.24, 2.45) is 5.73 Å². The molecule has 0 aliphatic heterocycles. The second kappa shape index (κ2) is 5.99. The van der Waals surface area contributed by atoms with Crippen LogP contribution in [0.3, 0.4) is 0 Å². The Morgan fingerprint density at radius 2 is 2.12 bits per heavy atom. The quantitative estimate of drug-likeness (QED) is 0.579. The molecule has 1 amide bonds. The van der Waals surface area contributed by atoms with Crippen molar-refractivity contribution in [1.29, 1.82) is 0 Å². The summed E-state index contributed by atoms with van der Waals surface area (Å²) in [5.74, 6) is -0.543. The molecule has 4 rings (SSSR count). The van der Waals surface area contributed by atoms with Crippen molar-refractivity contribution in [3.63, 3.8) is 0 Å². The smallest absolute Gasteiger partial charge is 0.270 e. The van der Waals surface area contributed by atoms with Crippen molar-refractivity contribution >= 4 is 38.8 Å². The third kappa shape index (κ3) is 2.83. The topological polar surface area (TPSA) is 94.0 Å². The van der Waals surface area contributed by atoms with Crippen molar-refractivity contribution in [3.8, 4) is 10.4 Å². The van der Waals surface area contributed by atoms with Gasteiger partial charge in [0.15, 0.2) is 11.5 Å². The molecule has 0 saturated heterocycles. The normalized spacial score (nSPS) is 10.9. The van der Waals surface area contributed by atoms with Gasteiger partial charge in [-0.2, -0.15) is 0 Å². The summed E-state index contributed by atoms with van der Waals surface area (Å²) in [7, 11) is 0. The number of benzene rings is 1. The van der Waals surface area contributed by atoms with Crippen LogP contribution >= 0.6 is 11.3 Å². The zero-order valence-corrected chi connectivity index (χ0v) is 13.5. The number of carbonyl (C=O) groups is 1. The number of nitrogens with zero attached hydrogens (tertiary/aromatic N) is 2. The molecule has 6 nitrogen and oxygen atoms in total. The van der Waals surface area contributed by atoms with Gasteiger partial charge >= 0.3 is 0 Å². The highest BCUT2D eigenvalue weighted by molar-refractivity contribution is 7.22. The van der Waals surface area contributed by atoms with Gasteiger partial charge in [-0.05, 0) is 29.8 Å². The van der Waals surface area contributed by atoms with E-state index in [2.05, 4.69) is 15.5 Å². The lowest BCUT2D eigenvalue weighted by atomic mass is 10.1. The van der Waals surface area contributed by atoms with E-state index in [0.717, 1.165) is 4.88 Å². The average molecular weight is 354 g/mol. The number of anilines is 2. The second-order valence-corrected chi connectivity index (χ2v) is 6.31. The molecule has 3 aromatic heterocycles. The minimum atomic E-state index is -0.667. The molecule has 25 heavy (non-hydrogen) atoms. The number of nitrogens with one attached hydrogen (secondary N) is 1. The molecular formula is C17H11FN4O2S. The van der Waals surface area contributed by atoms with E-state index in [1.165, 1.54) is 36.0 Å². The Kier molecular flexibility index (Phi) is 3.66. The predicted octanol–water partition coefficient (Wildman–Crippen LogP) is 3.93. The predicted molar refractivity (Wildman–Crippen MR) is 93.3 cm³/mol. The Bertz CT molecular complexity index is 1080. The van der Waals surface area contributed by atoms with E-state index < -0.39 is 5.91 Å². The first-order valence-electron chi connectivity index (χ1n) is 7.27. The maximum absolute atomic E-state index is 13.5. The molecular weight excluding hydrogens is 343 g/mol. The fourth-order valence-electron chi connectivity index (χ4n) is 2.45. The molecule has 0 aliphatic carbocycles. The van der Waals surface area contributed by atoms with Crippen LogP contribution in [-0.4, -0.2) is 16.1 Å². The number of fused-ring (bicyclic) bond motifs is 1. The molecule has 0 aliphatic rings. The van der Waals surface area contributed by atoms with Gasteiger partial charge in [-0.15, -0.1) is 21.5 Å². The van der Waals surface area contributed by atoms with E-state index in [1.54, 1.807) is 18.2 Å². The van der Waals surface area contributed by atoms with Crippen LogP contribution in [-0.2, 0) is 0 Å². The number of halogens is 1. The standard InChI is InChI=1S/C17H11FN4O2S/c18-10-3-1-2-9(6-10)13-7-12-15(25-13)14(16(19)23)21-22-17(12)20-11-4-5-24-8-11/h1-8H,(H2,19,23)(H,20,22). The summed E-state index contributed by atoms with van der Waals surface area (Å²) < 4.78 is 19.1. The third-order valence-corrected chi connectivity index (χ3v) is 4.77. The van der Waals surface area contributed by atoms with Crippen LogP contribution in [0.4, 0.5) is 15.9 Å². The summed E-state index contributed by atoms with van der Waals surface area (Å²) in [6.45, 7) is 0. The zero-order chi connectivity index (χ0) is 17.4. The molecule has 0 saturated carbocycles. The van der Waals surface area contributed by atoms with Gasteiger partial charge in [0.1, 0.15) is 12.1 Å². The van der Waals surface area contributed by atoms with Crippen molar-refractivity contribution in [2.45, 2.75) is 0 Å². The minimum Gasteiger partial charge on any atom is -0.470 e. The van der Waals surface area contributed by atoms with Gasteiger partial charge < -0.3 is 15.5 Å². The van der Waals surface area contributed by atoms with E-state index in [4.69, 9.17) is 10.2 Å². The number of primary amides is 1. The Hall–Kier alpha value is -3.26. The molecule has 0 spiro atoms. The van der Waals surface area contributed by atoms with E-state index in [0.29, 0.717) is 27.2 Å². The lowest BCUT2D eigenvalue weighted by molar-refractivity contribution is 0.0996. The van der Waals surface area contributed by atoms with E-state index in [1.807, 2.05) is 6.07 Å². The fourth-order valence-corrected chi connectivity index (χ4v) is 3.60. The number of thiophene rings is 1. The first-order valence-corrected chi connectivity index (χ1v) is 8.08. The number of aromatic nitrogens is 2. The van der Waals surface area contributed by atoms with Gasteiger partial charge in [0.25, 0.3) is 5.91 Å². The van der Waals surface area contributed by atoms with Crippen LogP contribution in [0.1, 0.15) is 10.5 Å². The Labute approximate surface area is 145 Å². The summed E-state index contributed by atoms with van der Waals surface area (Å²) in [5.41, 5.74) is 6.89. The Morgan fingerprint density at radius 1 is 1.24 bits per heavy atom. The first kappa shape index (κ1) is 15.3. The Morgan fingerprint density at radius 3 is 2.84 bits per heavy atom. The minimum absolute atomic E-state index is 0.0837. The van der Waals surface area contributed by atoms with E-state index in [9.17, 15) is 9.18 Å². The summed E-state index contributed by atoms with van der Waals surface area (Å²) >= 11 is 1.31. The van der Waals surface area contributed by atoms with Crippen LogP contribution in [0.5, 0.6) is 0 Å². The number of nitrogens with two attached hydrogens (primary N) is 1. The Balaban J connectivity index is 1.90. The van der Waals surface area contributed by atoms with Crippen LogP contribution in [0.15, 0.2) is 53.3 Å². The fraction of sp³-hybridized carbons (Fsp3) is 0. The van der Waals surface area contributed by atoms with Crippen LogP contribution < -0.4 is 11.1 Å². The molecule has 0 fully saturated rings. The molecule has 1 aromatic carbocycles. The SMILES string of the molecule is NC(=O)c1nnc(Nc2ccoc2)c2cc(-c3cccc(F)c3)sc12. The lowest BCUT2D eigenvalue weighted by Crippen LogP contribution is -2.14. The van der Waals surface area contributed by atoms with Gasteiger partial charge in [0.05, 0.1) is 16.7 Å². The van der Waals surface area contributed by atoms with Crippen LogP contribution in [0.25, 0.3) is 20.5 Å². The van der Waals surface area contributed by atoms with Gasteiger partial charge in [-0.25, -0.2) is 4.39 Å². The molecule has 0 bridgehead atoms. The molecule has 0 unspecified atom stereocenters. The van der Waals surface area contributed by atoms with Crippen LogP contribution in [0, 0.1) is 5.82 Å². The number of hydrogen-bond acceptors (Lipinski definition) is 6. The highest BCUT2D eigenvalue weighted by atomic mass is 32.1. The number of carbonyl (C=O) groups excluding carboxylic acids is 1. The van der Waals surface area contributed by atoms with Gasteiger partial charge in [0.2, 0.25) is 0 Å². The van der Waals surface area contributed by atoms with Crippen LogP contribution in [0.2, 0.25) is 0 Å². The van der Waals surface area contributed by atoms with E-state index >= 15 is 0 Å². The van der Waals surface area contributed by atoms with E-state index in [-0.39, 0.29) is 11.5 Å². The van der Waals surface area contributed by atoms with Gasteiger partial charge in [-0.3, -0.25) is 4.79 Å². The molecule has 0 radical (unpaired) electrons. The maximum atomic E-state index is 13.5. The first-order chi connectivity index (χ1) is 12.1. The molecule has 0 atom stereocenters. The van der Waals surface area contributed by atoms with Crippen molar-refractivity contribution in [2.75, 3.05) is 5.32 Å². The monoisotopic (exact) mass is 354 g/mol. The number of amides is 1. The molecule has 4 aromatic rings. The summed E-state index contributed by atoms with van der Waals surface area (Å²) in [5, 5.41) is 11.7. The van der Waals surface area contributed by atoms with Crippen molar-refractivity contribution in [3.05, 3.63) is 60.4 Å². The largest absolute Gasteiger partial charge is 0.470 e. The van der Waals surface area contributed by atoms with Crippen molar-refractivity contribution in [1.82, 2.24) is 10.2 Å². The zero-order valence-electron chi connectivity index (χ0n) is 12.7. The number of hydrogen-bond donors (Lipinski definition) is 2. The highest BCUT2D eigenvalue weighted by Crippen LogP contribution is 2.38. The molecule has 124 valence electrons. The summed E-state index contributed by atoms with van der Waals surface area (Å²) in [4.78, 5) is 12.5. The van der Waals surface area contributed by atoms with Gasteiger partial charge in [0, 0.05) is 10.3 Å². The third-order valence-electron chi connectivity index (χ3n) is 3.58. The summed E-state index contributed by atoms with van der Waals surface area (Å²) in [6, 6.07) is 9.79. The maximum Gasteiger partial charge on any atom is 0.270 e. The molecule has 3 heterocycles. The summed E-state index contributed by atoms with van der Waals surface area (Å²) in [6.07, 6.45) is 3.05. The van der Waals surface area contributed by atoms with Gasteiger partial charge in [-0.1, -0.05) is 12.1 Å². The lowest BCUT2D eigenvalue weighted by Gasteiger charge is -2.04. The number of furan rings is 1. The second-order valence-electron chi connectivity index (χ2n) is 5.26.